The first kappa shape index (κ1) is 14.6. The Hall–Kier alpha value is -1.81. The lowest BCUT2D eigenvalue weighted by Crippen LogP contribution is -2.07. The summed E-state index contributed by atoms with van der Waals surface area (Å²) in [7, 11) is 0. The molecule has 0 aliphatic rings. The number of aliphatic hydroxyl groups excluding tert-OH is 1. The molecular formula is C16H23N3O. The van der Waals surface area contributed by atoms with Crippen LogP contribution in [0.2, 0.25) is 0 Å². The number of rotatable bonds is 6. The summed E-state index contributed by atoms with van der Waals surface area (Å²) in [4.78, 5) is 0. The van der Waals surface area contributed by atoms with E-state index in [2.05, 4.69) is 48.5 Å². The minimum absolute atomic E-state index is 0.118. The van der Waals surface area contributed by atoms with Gasteiger partial charge in [-0.15, -0.1) is 0 Å². The maximum absolute atomic E-state index is 9.03. The second-order valence-electron chi connectivity index (χ2n) is 5.00. The van der Waals surface area contributed by atoms with Crippen LogP contribution in [0.1, 0.15) is 29.4 Å². The smallest absolute Gasteiger partial charge is 0.0646 e. The van der Waals surface area contributed by atoms with Gasteiger partial charge in [0.1, 0.15) is 0 Å². The van der Waals surface area contributed by atoms with Crippen molar-refractivity contribution in [3.63, 3.8) is 0 Å². The largest absolute Gasteiger partial charge is 0.394 e. The number of benzene rings is 1. The van der Waals surface area contributed by atoms with Gasteiger partial charge in [0.15, 0.2) is 0 Å². The van der Waals surface area contributed by atoms with Gasteiger partial charge in [-0.25, -0.2) is 0 Å². The van der Waals surface area contributed by atoms with E-state index >= 15 is 0 Å². The van der Waals surface area contributed by atoms with E-state index in [0.717, 1.165) is 30.0 Å². The third-order valence-electron chi connectivity index (χ3n) is 3.65. The first-order valence-electron chi connectivity index (χ1n) is 7.12. The van der Waals surface area contributed by atoms with Gasteiger partial charge in [-0.2, -0.15) is 5.10 Å². The Morgan fingerprint density at radius 2 is 2.10 bits per heavy atom. The van der Waals surface area contributed by atoms with Crippen molar-refractivity contribution >= 4 is 5.69 Å². The second-order valence-corrected chi connectivity index (χ2v) is 5.00. The number of nitrogens with zero attached hydrogens (tertiary/aromatic N) is 2. The van der Waals surface area contributed by atoms with E-state index in [4.69, 9.17) is 5.11 Å². The molecule has 1 aromatic carbocycles. The molecule has 4 nitrogen and oxygen atoms in total. The van der Waals surface area contributed by atoms with E-state index in [1.54, 1.807) is 0 Å². The van der Waals surface area contributed by atoms with Gasteiger partial charge in [-0.3, -0.25) is 4.68 Å². The number of aromatic nitrogens is 2. The summed E-state index contributed by atoms with van der Waals surface area (Å²) in [5, 5.41) is 17.0. The molecule has 0 bridgehead atoms. The molecule has 108 valence electrons. The highest BCUT2D eigenvalue weighted by Crippen LogP contribution is 2.17. The predicted octanol–water partition coefficient (Wildman–Crippen LogP) is 2.67. The molecule has 1 heterocycles. The normalized spacial score (nSPS) is 10.8. The zero-order valence-corrected chi connectivity index (χ0v) is 12.5. The van der Waals surface area contributed by atoms with Crippen LogP contribution >= 0.6 is 0 Å². The van der Waals surface area contributed by atoms with Gasteiger partial charge in [-0.1, -0.05) is 19.1 Å². The summed E-state index contributed by atoms with van der Waals surface area (Å²) in [5.74, 6) is 0. The summed E-state index contributed by atoms with van der Waals surface area (Å²) < 4.78 is 1.87. The molecule has 2 aromatic rings. The lowest BCUT2D eigenvalue weighted by Gasteiger charge is -2.08. The van der Waals surface area contributed by atoms with Gasteiger partial charge in [0.05, 0.1) is 18.8 Å². The Balaban J connectivity index is 2.10. The molecule has 20 heavy (non-hydrogen) atoms. The molecule has 2 rings (SSSR count). The average Bonchev–Trinajstić information content (AvgIpc) is 2.72. The highest BCUT2D eigenvalue weighted by Gasteiger charge is 2.10. The molecular weight excluding hydrogens is 250 g/mol. The predicted molar refractivity (Wildman–Crippen MR) is 81.9 cm³/mol. The summed E-state index contributed by atoms with van der Waals surface area (Å²) in [5.41, 5.74) is 5.82. The zero-order valence-electron chi connectivity index (χ0n) is 12.5. The van der Waals surface area contributed by atoms with Gasteiger partial charge in [-0.05, 0) is 38.0 Å². The van der Waals surface area contributed by atoms with Crippen molar-refractivity contribution in [3.05, 3.63) is 46.8 Å². The zero-order chi connectivity index (χ0) is 14.5. The molecule has 0 atom stereocenters. The fraction of sp³-hybridized carbons (Fsp3) is 0.438. The van der Waals surface area contributed by atoms with Crippen LogP contribution in [-0.2, 0) is 19.5 Å². The summed E-state index contributed by atoms with van der Waals surface area (Å²) in [6, 6.07) is 8.49. The molecule has 4 heteroatoms. The Kier molecular flexibility index (Phi) is 4.79. The first-order chi connectivity index (χ1) is 9.65. The Bertz CT molecular complexity index is 575. The monoisotopic (exact) mass is 273 g/mol. The van der Waals surface area contributed by atoms with Crippen molar-refractivity contribution < 1.29 is 5.11 Å². The number of nitrogens with one attached hydrogen (secondary N) is 1. The molecule has 0 amide bonds. The van der Waals surface area contributed by atoms with E-state index in [1.165, 1.54) is 11.1 Å². The number of hydrogen-bond donors (Lipinski definition) is 2. The Morgan fingerprint density at radius 1 is 1.30 bits per heavy atom. The van der Waals surface area contributed by atoms with Crippen LogP contribution in [0, 0.1) is 13.8 Å². The molecule has 0 spiro atoms. The van der Waals surface area contributed by atoms with Crippen LogP contribution in [0.5, 0.6) is 0 Å². The van der Waals surface area contributed by atoms with E-state index in [0.29, 0.717) is 6.54 Å². The average molecular weight is 273 g/mol. The first-order valence-corrected chi connectivity index (χ1v) is 7.12. The fourth-order valence-electron chi connectivity index (χ4n) is 2.39. The quantitative estimate of drug-likeness (QED) is 0.850. The maximum atomic E-state index is 9.03. The van der Waals surface area contributed by atoms with Crippen LogP contribution in [0.15, 0.2) is 24.3 Å². The number of hydrogen-bond acceptors (Lipinski definition) is 3. The summed E-state index contributed by atoms with van der Waals surface area (Å²) >= 11 is 0. The van der Waals surface area contributed by atoms with Gasteiger partial charge >= 0.3 is 0 Å². The molecule has 0 unspecified atom stereocenters. The summed E-state index contributed by atoms with van der Waals surface area (Å²) in [6.45, 7) is 7.66. The number of aliphatic hydroxyl groups is 1. The molecule has 0 saturated carbocycles. The van der Waals surface area contributed by atoms with Crippen molar-refractivity contribution in [1.29, 1.82) is 0 Å². The minimum Gasteiger partial charge on any atom is -0.394 e. The van der Waals surface area contributed by atoms with Crippen LogP contribution in [0.3, 0.4) is 0 Å². The van der Waals surface area contributed by atoms with Crippen molar-refractivity contribution in [3.8, 4) is 0 Å². The molecule has 0 saturated heterocycles. The van der Waals surface area contributed by atoms with Gasteiger partial charge in [0.25, 0.3) is 0 Å². The minimum atomic E-state index is 0.118. The molecule has 2 N–H and O–H groups in total. The van der Waals surface area contributed by atoms with Crippen molar-refractivity contribution in [2.45, 2.75) is 40.3 Å². The maximum Gasteiger partial charge on any atom is 0.0646 e. The SMILES string of the molecule is CCc1cccc(NCc2c(C)nn(CCO)c2C)c1. The lowest BCUT2D eigenvalue weighted by molar-refractivity contribution is 0.268. The van der Waals surface area contributed by atoms with E-state index in [-0.39, 0.29) is 6.61 Å². The third kappa shape index (κ3) is 3.20. The molecule has 0 aliphatic heterocycles. The van der Waals surface area contributed by atoms with Crippen LogP contribution < -0.4 is 5.32 Å². The standard InChI is InChI=1S/C16H23N3O/c1-4-14-6-5-7-15(10-14)17-11-16-12(2)18-19(8-9-20)13(16)3/h5-7,10,17,20H,4,8-9,11H2,1-3H3. The van der Waals surface area contributed by atoms with Gasteiger partial charge in [0.2, 0.25) is 0 Å². The Morgan fingerprint density at radius 3 is 2.80 bits per heavy atom. The van der Waals surface area contributed by atoms with Crippen LogP contribution in [-0.4, -0.2) is 21.5 Å². The van der Waals surface area contributed by atoms with Gasteiger partial charge < -0.3 is 10.4 Å². The van der Waals surface area contributed by atoms with Crippen LogP contribution in [0.4, 0.5) is 5.69 Å². The second kappa shape index (κ2) is 6.57. The fourth-order valence-corrected chi connectivity index (χ4v) is 2.39. The van der Waals surface area contributed by atoms with Crippen LogP contribution in [0.25, 0.3) is 0 Å². The molecule has 0 radical (unpaired) electrons. The summed E-state index contributed by atoms with van der Waals surface area (Å²) in [6.07, 6.45) is 1.04. The third-order valence-corrected chi connectivity index (χ3v) is 3.65. The highest BCUT2D eigenvalue weighted by molar-refractivity contribution is 5.46. The van der Waals surface area contributed by atoms with E-state index in [1.807, 2.05) is 11.6 Å². The number of aryl methyl sites for hydroxylation is 2. The van der Waals surface area contributed by atoms with E-state index in [9.17, 15) is 0 Å². The highest BCUT2D eigenvalue weighted by atomic mass is 16.3. The van der Waals surface area contributed by atoms with Gasteiger partial charge in [0, 0.05) is 23.5 Å². The lowest BCUT2D eigenvalue weighted by atomic mass is 10.1. The van der Waals surface area contributed by atoms with Crippen molar-refractivity contribution in [2.75, 3.05) is 11.9 Å². The topological polar surface area (TPSA) is 50.1 Å². The van der Waals surface area contributed by atoms with Crippen molar-refractivity contribution in [1.82, 2.24) is 9.78 Å². The number of anilines is 1. The molecule has 0 aliphatic carbocycles. The van der Waals surface area contributed by atoms with Crippen molar-refractivity contribution in [2.24, 2.45) is 0 Å². The molecule has 0 fully saturated rings. The molecule has 1 aromatic heterocycles. The Labute approximate surface area is 120 Å². The van der Waals surface area contributed by atoms with E-state index < -0.39 is 0 Å².